The average Bonchev–Trinajstić information content (AvgIpc) is 2.64. The maximum atomic E-state index is 9.66. The molecule has 2 aromatic carbocycles. The lowest BCUT2D eigenvalue weighted by Gasteiger charge is -2.27. The minimum Gasteiger partial charge on any atom is -0.493 e. The third-order valence-electron chi connectivity index (χ3n) is 4.24. The highest BCUT2D eigenvalue weighted by Gasteiger charge is 2.22. The molecule has 0 bridgehead atoms. The Hall–Kier alpha value is -2.48. The van der Waals surface area contributed by atoms with Crippen LogP contribution in [0.15, 0.2) is 42.5 Å². The maximum Gasteiger partial charge on any atom is 0.164 e. The number of nitrogens with one attached hydrogen (secondary N) is 1. The molecule has 1 heterocycles. The van der Waals surface area contributed by atoms with Crippen LogP contribution >= 0.6 is 0 Å². The minimum absolute atomic E-state index is 0.268. The first-order valence-corrected chi connectivity index (χ1v) is 8.81. The number of rotatable bonds is 4. The second kappa shape index (κ2) is 7.82. The molecule has 0 spiro atoms. The van der Waals surface area contributed by atoms with Gasteiger partial charge in [-0.3, -0.25) is 0 Å². The molecule has 1 aliphatic heterocycles. The first kappa shape index (κ1) is 18.3. The van der Waals surface area contributed by atoms with Crippen LogP contribution in [0.5, 0.6) is 11.5 Å². The second-order valence-corrected chi connectivity index (χ2v) is 7.05. The lowest BCUT2D eigenvalue weighted by molar-refractivity contribution is 0.143. The highest BCUT2D eigenvalue weighted by molar-refractivity contribution is 5.48. The van der Waals surface area contributed by atoms with E-state index in [0.717, 1.165) is 30.0 Å². The van der Waals surface area contributed by atoms with Crippen molar-refractivity contribution in [3.63, 3.8) is 0 Å². The van der Waals surface area contributed by atoms with Crippen molar-refractivity contribution in [3.8, 4) is 23.3 Å². The second-order valence-electron chi connectivity index (χ2n) is 7.05. The van der Waals surface area contributed by atoms with E-state index in [9.17, 15) is 5.11 Å². The first-order chi connectivity index (χ1) is 12.4. The summed E-state index contributed by atoms with van der Waals surface area (Å²) < 4.78 is 11.3. The number of hydrogen-bond donors (Lipinski definition) is 2. The fourth-order valence-electron chi connectivity index (χ4n) is 2.88. The predicted molar refractivity (Wildman–Crippen MR) is 102 cm³/mol. The van der Waals surface area contributed by atoms with Crippen LogP contribution in [0.4, 0.5) is 0 Å². The molecule has 0 fully saturated rings. The van der Waals surface area contributed by atoms with Crippen LogP contribution < -0.4 is 14.8 Å². The SMILES string of the molecule is COc1cccc2c1OCC(NCc1ccc(C#CC(C)(C)O)cc1)C2. The van der Waals surface area contributed by atoms with Crippen LogP contribution in [0.1, 0.15) is 30.5 Å². The van der Waals surface area contributed by atoms with E-state index in [1.807, 2.05) is 24.3 Å². The Morgan fingerprint density at radius 1 is 1.23 bits per heavy atom. The Bertz CT molecular complexity index is 810. The minimum atomic E-state index is -0.972. The van der Waals surface area contributed by atoms with E-state index in [1.54, 1.807) is 21.0 Å². The Labute approximate surface area is 155 Å². The molecule has 2 N–H and O–H groups in total. The van der Waals surface area contributed by atoms with Crippen molar-refractivity contribution in [1.29, 1.82) is 0 Å². The third kappa shape index (κ3) is 4.78. The van der Waals surface area contributed by atoms with E-state index in [4.69, 9.17) is 9.47 Å². The monoisotopic (exact) mass is 351 g/mol. The molecule has 3 rings (SSSR count). The van der Waals surface area contributed by atoms with Gasteiger partial charge in [-0.2, -0.15) is 0 Å². The molecular weight excluding hydrogens is 326 g/mol. The Morgan fingerprint density at radius 2 is 2.00 bits per heavy atom. The van der Waals surface area contributed by atoms with E-state index >= 15 is 0 Å². The van der Waals surface area contributed by atoms with Crippen LogP contribution in [0, 0.1) is 11.8 Å². The molecule has 0 radical (unpaired) electrons. The predicted octanol–water partition coefficient (Wildman–Crippen LogP) is 2.91. The Balaban J connectivity index is 1.57. The van der Waals surface area contributed by atoms with Gasteiger partial charge in [0.05, 0.1) is 7.11 Å². The molecule has 0 amide bonds. The zero-order valence-electron chi connectivity index (χ0n) is 15.5. The summed E-state index contributed by atoms with van der Waals surface area (Å²) in [6.07, 6.45) is 0.918. The van der Waals surface area contributed by atoms with Crippen molar-refractivity contribution in [1.82, 2.24) is 5.32 Å². The van der Waals surface area contributed by atoms with Gasteiger partial charge in [-0.25, -0.2) is 0 Å². The van der Waals surface area contributed by atoms with Gasteiger partial charge in [0.25, 0.3) is 0 Å². The lowest BCUT2D eigenvalue weighted by atomic mass is 10.0. The van der Waals surface area contributed by atoms with E-state index in [1.165, 1.54) is 11.1 Å². The van der Waals surface area contributed by atoms with Crippen molar-refractivity contribution in [2.45, 2.75) is 38.5 Å². The van der Waals surface area contributed by atoms with Crippen LogP contribution in [0.2, 0.25) is 0 Å². The normalized spacial score (nSPS) is 16.1. The van der Waals surface area contributed by atoms with Gasteiger partial charge in [-0.15, -0.1) is 0 Å². The van der Waals surface area contributed by atoms with Crippen molar-refractivity contribution in [2.24, 2.45) is 0 Å². The van der Waals surface area contributed by atoms with Gasteiger partial charge < -0.3 is 19.9 Å². The number of fused-ring (bicyclic) bond motifs is 1. The third-order valence-corrected chi connectivity index (χ3v) is 4.24. The topological polar surface area (TPSA) is 50.7 Å². The average molecular weight is 351 g/mol. The van der Waals surface area contributed by atoms with Gasteiger partial charge in [0.1, 0.15) is 12.2 Å². The summed E-state index contributed by atoms with van der Waals surface area (Å²) in [6.45, 7) is 4.76. The maximum absolute atomic E-state index is 9.66. The fraction of sp³-hybridized carbons (Fsp3) is 0.364. The largest absolute Gasteiger partial charge is 0.493 e. The number of aliphatic hydroxyl groups is 1. The number of para-hydroxylation sites is 1. The van der Waals surface area contributed by atoms with Gasteiger partial charge >= 0.3 is 0 Å². The van der Waals surface area contributed by atoms with Gasteiger partial charge in [-0.1, -0.05) is 36.1 Å². The summed E-state index contributed by atoms with van der Waals surface area (Å²) >= 11 is 0. The molecule has 0 aliphatic carbocycles. The number of ether oxygens (including phenoxy) is 2. The Morgan fingerprint density at radius 3 is 2.69 bits per heavy atom. The zero-order chi connectivity index (χ0) is 18.6. The smallest absolute Gasteiger partial charge is 0.164 e. The van der Waals surface area contributed by atoms with Crippen molar-refractivity contribution in [2.75, 3.05) is 13.7 Å². The molecular formula is C22H25NO3. The van der Waals surface area contributed by atoms with E-state index in [-0.39, 0.29) is 6.04 Å². The van der Waals surface area contributed by atoms with Crippen LogP contribution in [-0.2, 0) is 13.0 Å². The zero-order valence-corrected chi connectivity index (χ0v) is 15.5. The summed E-state index contributed by atoms with van der Waals surface area (Å²) in [6, 6.07) is 14.3. The highest BCUT2D eigenvalue weighted by atomic mass is 16.5. The molecule has 1 atom stereocenters. The number of benzene rings is 2. The summed E-state index contributed by atoms with van der Waals surface area (Å²) in [5.41, 5.74) is 2.29. The molecule has 136 valence electrons. The quantitative estimate of drug-likeness (QED) is 0.832. The standard InChI is InChI=1S/C22H25NO3/c1-22(2,24)12-11-16-7-9-17(10-8-16)14-23-19-13-18-5-4-6-20(25-3)21(18)26-15-19/h4-10,19,23-24H,13-15H2,1-3H3. The lowest BCUT2D eigenvalue weighted by Crippen LogP contribution is -2.38. The van der Waals surface area contributed by atoms with Gasteiger partial charge in [0.2, 0.25) is 0 Å². The van der Waals surface area contributed by atoms with Crippen LogP contribution in [0.25, 0.3) is 0 Å². The van der Waals surface area contributed by atoms with E-state index in [2.05, 4.69) is 35.4 Å². The molecule has 0 saturated heterocycles. The van der Waals surface area contributed by atoms with E-state index in [0.29, 0.717) is 6.61 Å². The number of methoxy groups -OCH3 is 1. The van der Waals surface area contributed by atoms with Crippen molar-refractivity contribution in [3.05, 3.63) is 59.2 Å². The highest BCUT2D eigenvalue weighted by Crippen LogP contribution is 2.34. The summed E-state index contributed by atoms with van der Waals surface area (Å²) in [5.74, 6) is 7.47. The summed E-state index contributed by atoms with van der Waals surface area (Å²) in [4.78, 5) is 0. The molecule has 0 aromatic heterocycles. The van der Waals surface area contributed by atoms with Gasteiger partial charge in [0, 0.05) is 18.2 Å². The van der Waals surface area contributed by atoms with Crippen LogP contribution in [-0.4, -0.2) is 30.5 Å². The molecule has 26 heavy (non-hydrogen) atoms. The summed E-state index contributed by atoms with van der Waals surface area (Å²) in [7, 11) is 1.67. The van der Waals surface area contributed by atoms with Crippen LogP contribution in [0.3, 0.4) is 0 Å². The molecule has 4 nitrogen and oxygen atoms in total. The number of hydrogen-bond acceptors (Lipinski definition) is 4. The molecule has 1 aliphatic rings. The molecule has 4 heteroatoms. The molecule has 2 aromatic rings. The van der Waals surface area contributed by atoms with Crippen molar-refractivity contribution < 1.29 is 14.6 Å². The Kier molecular flexibility index (Phi) is 5.51. The fourth-order valence-corrected chi connectivity index (χ4v) is 2.88. The molecule has 1 unspecified atom stereocenters. The molecule has 0 saturated carbocycles. The first-order valence-electron chi connectivity index (χ1n) is 8.81. The van der Waals surface area contributed by atoms with Gasteiger partial charge in [-0.05, 0) is 49.6 Å². The van der Waals surface area contributed by atoms with Crippen molar-refractivity contribution >= 4 is 0 Å². The summed E-state index contributed by atoms with van der Waals surface area (Å²) in [5, 5.41) is 13.2. The van der Waals surface area contributed by atoms with Gasteiger partial charge in [0.15, 0.2) is 11.5 Å². The van der Waals surface area contributed by atoms with E-state index < -0.39 is 5.60 Å².